The second-order valence-corrected chi connectivity index (χ2v) is 15.2. The molecular formula is C37H47F3N4O8S. The lowest BCUT2D eigenvalue weighted by molar-refractivity contribution is -0.137. The van der Waals surface area contributed by atoms with Crippen LogP contribution in [0.25, 0.3) is 0 Å². The van der Waals surface area contributed by atoms with Gasteiger partial charge < -0.3 is 34.9 Å². The summed E-state index contributed by atoms with van der Waals surface area (Å²) in [6.45, 7) is 5.41. The van der Waals surface area contributed by atoms with Crippen molar-refractivity contribution in [3.05, 3.63) is 77.9 Å². The monoisotopic (exact) mass is 764 g/mol. The molecule has 0 saturated carbocycles. The number of hydrogen-bond donors (Lipinski definition) is 3. The number of carbonyl (C=O) groups is 2. The van der Waals surface area contributed by atoms with E-state index in [1.807, 2.05) is 13.8 Å². The number of ether oxygens (including phenoxy) is 3. The first-order chi connectivity index (χ1) is 25.0. The van der Waals surface area contributed by atoms with Gasteiger partial charge in [-0.2, -0.15) is 17.5 Å². The van der Waals surface area contributed by atoms with Crippen molar-refractivity contribution in [3.63, 3.8) is 0 Å². The fourth-order valence-corrected chi connectivity index (χ4v) is 6.96. The second kappa shape index (κ2) is 18.1. The number of halogens is 3. The number of alkyl halides is 3. The molecule has 0 saturated heterocycles. The maximum Gasteiger partial charge on any atom is 0.416 e. The first-order valence-corrected chi connectivity index (χ1v) is 18.7. The van der Waals surface area contributed by atoms with Crippen LogP contribution in [0.4, 0.5) is 29.3 Å². The number of fused-ring (bicyclic) bond motifs is 1. The highest BCUT2D eigenvalue weighted by Gasteiger charge is 2.33. The maximum absolute atomic E-state index is 14.4. The average molecular weight is 765 g/mol. The molecular weight excluding hydrogens is 717 g/mol. The normalized spacial score (nSPS) is 19.8. The number of sulfonamides is 1. The number of nitrogens with one attached hydrogen (secondary N) is 2. The molecule has 0 unspecified atom stereocenters. The van der Waals surface area contributed by atoms with Crippen molar-refractivity contribution in [2.24, 2.45) is 5.92 Å². The number of aliphatic hydroxyl groups is 1. The fraction of sp³-hybridized carbons (Fsp3) is 0.459. The average Bonchev–Trinajstić information content (AvgIpc) is 3.12. The Morgan fingerprint density at radius 1 is 1.04 bits per heavy atom. The number of rotatable bonds is 9. The molecule has 290 valence electrons. The minimum Gasteiger partial charge on any atom is -0.497 e. The number of aliphatic hydroxyl groups excluding tert-OH is 1. The largest absolute Gasteiger partial charge is 0.497 e. The molecule has 1 aliphatic rings. The molecule has 0 aliphatic carbocycles. The lowest BCUT2D eigenvalue weighted by Crippen LogP contribution is -2.48. The summed E-state index contributed by atoms with van der Waals surface area (Å²) in [5, 5.41) is 15.3. The van der Waals surface area contributed by atoms with Crippen molar-refractivity contribution in [3.8, 4) is 11.5 Å². The van der Waals surface area contributed by atoms with Crippen LogP contribution >= 0.6 is 0 Å². The molecule has 3 N–H and O–H groups in total. The van der Waals surface area contributed by atoms with Gasteiger partial charge in [0.05, 0.1) is 48.0 Å². The van der Waals surface area contributed by atoms with E-state index in [4.69, 9.17) is 14.2 Å². The third kappa shape index (κ3) is 11.1. The molecule has 0 radical (unpaired) electrons. The summed E-state index contributed by atoms with van der Waals surface area (Å²) >= 11 is 0. The fourth-order valence-electron chi connectivity index (χ4n) is 5.78. The molecule has 3 aromatic carbocycles. The Balaban J connectivity index is 1.60. The quantitative estimate of drug-likeness (QED) is 0.225. The van der Waals surface area contributed by atoms with E-state index in [0.29, 0.717) is 25.2 Å². The molecule has 3 aromatic rings. The van der Waals surface area contributed by atoms with Gasteiger partial charge in [-0.15, -0.1) is 0 Å². The third-order valence-corrected chi connectivity index (χ3v) is 10.8. The van der Waals surface area contributed by atoms with Crippen LogP contribution in [0, 0.1) is 5.92 Å². The van der Waals surface area contributed by atoms with E-state index in [1.165, 1.54) is 41.6 Å². The number of nitrogens with zero attached hydrogens (tertiary/aromatic N) is 2. The zero-order valence-corrected chi connectivity index (χ0v) is 31.2. The van der Waals surface area contributed by atoms with Crippen molar-refractivity contribution >= 4 is 33.3 Å². The minimum absolute atomic E-state index is 0.0106. The zero-order chi connectivity index (χ0) is 38.9. The molecule has 16 heteroatoms. The number of likely N-dealkylation sites (N-methyl/N-ethyl adjacent to an activating group) is 1. The summed E-state index contributed by atoms with van der Waals surface area (Å²) in [6, 6.07) is 13.1. The predicted molar refractivity (Wildman–Crippen MR) is 194 cm³/mol. The van der Waals surface area contributed by atoms with Crippen LogP contribution in [-0.4, -0.2) is 93.4 Å². The van der Waals surface area contributed by atoms with Gasteiger partial charge >= 0.3 is 12.2 Å². The number of benzene rings is 3. The van der Waals surface area contributed by atoms with E-state index < -0.39 is 51.8 Å². The Labute approximate surface area is 308 Å². The lowest BCUT2D eigenvalue weighted by Gasteiger charge is -2.35. The van der Waals surface area contributed by atoms with Crippen molar-refractivity contribution in [1.29, 1.82) is 0 Å². The first-order valence-electron chi connectivity index (χ1n) is 17.2. The summed E-state index contributed by atoms with van der Waals surface area (Å²) in [7, 11) is -0.947. The Morgan fingerprint density at radius 2 is 1.68 bits per heavy atom. The van der Waals surface area contributed by atoms with Gasteiger partial charge in [-0.1, -0.05) is 6.92 Å². The molecule has 0 fully saturated rings. The molecule has 0 spiro atoms. The Bertz CT molecular complexity index is 1790. The highest BCUT2D eigenvalue weighted by atomic mass is 32.2. The van der Waals surface area contributed by atoms with Gasteiger partial charge in [0.1, 0.15) is 11.5 Å². The minimum atomic E-state index is -4.52. The van der Waals surface area contributed by atoms with Crippen molar-refractivity contribution < 1.29 is 50.5 Å². The number of methoxy groups -OCH3 is 1. The molecule has 4 atom stereocenters. The topological polar surface area (TPSA) is 147 Å². The lowest BCUT2D eigenvalue weighted by atomic mass is 10.0. The predicted octanol–water partition coefficient (Wildman–Crippen LogP) is 6.47. The van der Waals surface area contributed by atoms with Gasteiger partial charge in [0.25, 0.3) is 5.91 Å². The van der Waals surface area contributed by atoms with Crippen LogP contribution in [0.15, 0.2) is 71.6 Å². The number of amides is 3. The molecule has 4 rings (SSSR count). The van der Waals surface area contributed by atoms with E-state index in [0.717, 1.165) is 30.7 Å². The van der Waals surface area contributed by atoms with E-state index in [2.05, 4.69) is 10.6 Å². The van der Waals surface area contributed by atoms with Gasteiger partial charge in [-0.05, 0) is 99.8 Å². The van der Waals surface area contributed by atoms with Gasteiger partial charge in [0, 0.05) is 44.0 Å². The van der Waals surface area contributed by atoms with Gasteiger partial charge in [-0.25, -0.2) is 13.2 Å². The highest BCUT2D eigenvalue weighted by molar-refractivity contribution is 7.89. The number of hydrogen-bond acceptors (Lipinski definition) is 8. The van der Waals surface area contributed by atoms with Crippen LogP contribution in [0.1, 0.15) is 56.0 Å². The van der Waals surface area contributed by atoms with E-state index in [-0.39, 0.29) is 53.4 Å². The summed E-state index contributed by atoms with van der Waals surface area (Å²) in [4.78, 5) is 28.8. The van der Waals surface area contributed by atoms with Crippen molar-refractivity contribution in [2.75, 3.05) is 51.1 Å². The molecule has 53 heavy (non-hydrogen) atoms. The highest BCUT2D eigenvalue weighted by Crippen LogP contribution is 2.31. The van der Waals surface area contributed by atoms with E-state index in [1.54, 1.807) is 31.2 Å². The van der Waals surface area contributed by atoms with Gasteiger partial charge in [0.15, 0.2) is 0 Å². The van der Waals surface area contributed by atoms with Crippen molar-refractivity contribution in [1.82, 2.24) is 9.21 Å². The Kier molecular flexibility index (Phi) is 14.1. The van der Waals surface area contributed by atoms with E-state index >= 15 is 0 Å². The smallest absolute Gasteiger partial charge is 0.416 e. The van der Waals surface area contributed by atoms with Crippen molar-refractivity contribution in [2.45, 2.75) is 69.4 Å². The van der Waals surface area contributed by atoms with Gasteiger partial charge in [-0.3, -0.25) is 4.79 Å². The standard InChI is InChI=1S/C37H47F3N4O8S/c1-24-21-44(25(2)23-45)35(46)32-20-29(42-36(47)41-28-11-9-27(10-12-28)37(38,39)40)13-18-33(32)52-26(3)8-6-7-19-51-34(24)22-43(4)53(48,49)31-16-14-30(50-5)15-17-31/h9-18,20,24-26,34,45H,6-8,19,21-23H2,1-5H3,(H2,41,42,47)/t24-,25-,26+,34-/m1/s1. The first kappa shape index (κ1) is 41.4. The molecule has 3 amide bonds. The Hall–Kier alpha value is -4.38. The third-order valence-electron chi connectivity index (χ3n) is 8.98. The Morgan fingerprint density at radius 3 is 2.30 bits per heavy atom. The molecule has 12 nitrogen and oxygen atoms in total. The summed E-state index contributed by atoms with van der Waals surface area (Å²) in [5.74, 6) is -0.150. The van der Waals surface area contributed by atoms with Gasteiger partial charge in [0.2, 0.25) is 10.0 Å². The summed E-state index contributed by atoms with van der Waals surface area (Å²) in [5.41, 5.74) is -0.430. The maximum atomic E-state index is 14.4. The molecule has 0 aromatic heterocycles. The molecule has 0 bridgehead atoms. The molecule has 1 aliphatic heterocycles. The number of carbonyl (C=O) groups excluding carboxylic acids is 2. The van der Waals surface area contributed by atoms with Crippen LogP contribution in [0.2, 0.25) is 0 Å². The van der Waals surface area contributed by atoms with E-state index in [9.17, 15) is 36.3 Å². The van der Waals surface area contributed by atoms with Crippen LogP contribution in [0.3, 0.4) is 0 Å². The van der Waals surface area contributed by atoms with Crippen LogP contribution < -0.4 is 20.1 Å². The summed E-state index contributed by atoms with van der Waals surface area (Å²) < 4.78 is 84.8. The zero-order valence-electron chi connectivity index (χ0n) is 30.4. The molecule has 1 heterocycles. The SMILES string of the molecule is COc1ccc(S(=O)(=O)N(C)C[C@H]2OCCCC[C@H](C)Oc3ccc(NC(=O)Nc4ccc(C(F)(F)F)cc4)cc3C(=O)N([C@H](C)CO)C[C@H]2C)cc1. The van der Waals surface area contributed by atoms with Crippen LogP contribution in [0.5, 0.6) is 11.5 Å². The van der Waals surface area contributed by atoms with Crippen LogP contribution in [-0.2, 0) is 20.9 Å². The number of anilines is 2. The second-order valence-electron chi connectivity index (χ2n) is 13.1. The number of urea groups is 1. The summed E-state index contributed by atoms with van der Waals surface area (Å²) in [6.07, 6.45) is -3.45.